The summed E-state index contributed by atoms with van der Waals surface area (Å²) in [6, 6.07) is 13.0. The minimum Gasteiger partial charge on any atom is -0.455 e. The molecule has 148 valence electrons. The van der Waals surface area contributed by atoms with Gasteiger partial charge in [0.15, 0.2) is 5.43 Å². The Kier molecular flexibility index (Phi) is 4.30. The SMILES string of the molecule is CC(=O)N1c2ccccc2-c2oc3ccccc3c(=O)c2C1C(=O)NC(C)(C)C. The Morgan fingerprint density at radius 2 is 1.69 bits per heavy atom. The summed E-state index contributed by atoms with van der Waals surface area (Å²) >= 11 is 0. The highest BCUT2D eigenvalue weighted by Crippen LogP contribution is 2.44. The first-order valence-corrected chi connectivity index (χ1v) is 9.46. The maximum atomic E-state index is 13.5. The summed E-state index contributed by atoms with van der Waals surface area (Å²) in [5.74, 6) is -0.424. The molecule has 6 heteroatoms. The van der Waals surface area contributed by atoms with Gasteiger partial charge in [0.25, 0.3) is 0 Å². The Bertz CT molecular complexity index is 1200. The van der Waals surface area contributed by atoms with E-state index in [1.165, 1.54) is 11.8 Å². The molecule has 0 fully saturated rings. The van der Waals surface area contributed by atoms with Crippen LogP contribution in [0.3, 0.4) is 0 Å². The number of carbonyl (C=O) groups is 2. The van der Waals surface area contributed by atoms with Crippen LogP contribution in [0.2, 0.25) is 0 Å². The van der Waals surface area contributed by atoms with Crippen molar-refractivity contribution in [3.05, 3.63) is 64.3 Å². The summed E-state index contributed by atoms with van der Waals surface area (Å²) in [6.07, 6.45) is 0. The van der Waals surface area contributed by atoms with Crippen LogP contribution in [0.1, 0.15) is 39.3 Å². The summed E-state index contributed by atoms with van der Waals surface area (Å²) in [6.45, 7) is 6.94. The minimum absolute atomic E-state index is 0.180. The van der Waals surface area contributed by atoms with Crippen LogP contribution in [0.4, 0.5) is 5.69 Å². The zero-order valence-corrected chi connectivity index (χ0v) is 16.8. The molecule has 1 aromatic heterocycles. The lowest BCUT2D eigenvalue weighted by molar-refractivity contribution is -0.127. The molecule has 6 nitrogen and oxygen atoms in total. The van der Waals surface area contributed by atoms with Crippen molar-refractivity contribution in [2.45, 2.75) is 39.3 Å². The molecule has 1 aliphatic heterocycles. The van der Waals surface area contributed by atoms with E-state index in [0.717, 1.165) is 0 Å². The average Bonchev–Trinajstić information content (AvgIpc) is 2.65. The Morgan fingerprint density at radius 1 is 1.03 bits per heavy atom. The highest BCUT2D eigenvalue weighted by molar-refractivity contribution is 6.06. The lowest BCUT2D eigenvalue weighted by Crippen LogP contribution is -2.51. The molecule has 1 N–H and O–H groups in total. The van der Waals surface area contributed by atoms with E-state index in [2.05, 4.69) is 5.32 Å². The fourth-order valence-electron chi connectivity index (χ4n) is 3.79. The summed E-state index contributed by atoms with van der Waals surface area (Å²) in [5, 5.41) is 3.28. The number of carbonyl (C=O) groups excluding carboxylic acids is 2. The predicted octanol–water partition coefficient (Wildman–Crippen LogP) is 3.78. The van der Waals surface area contributed by atoms with E-state index in [9.17, 15) is 14.4 Å². The Morgan fingerprint density at radius 3 is 2.38 bits per heavy atom. The second-order valence-corrected chi connectivity index (χ2v) is 8.22. The topological polar surface area (TPSA) is 79.6 Å². The first-order chi connectivity index (χ1) is 13.7. The van der Waals surface area contributed by atoms with Gasteiger partial charge in [-0.25, -0.2) is 0 Å². The number of benzene rings is 2. The van der Waals surface area contributed by atoms with Gasteiger partial charge in [0.2, 0.25) is 11.8 Å². The van der Waals surface area contributed by atoms with Gasteiger partial charge in [-0.05, 0) is 45.0 Å². The number of hydrogen-bond acceptors (Lipinski definition) is 4. The average molecular weight is 390 g/mol. The molecule has 1 unspecified atom stereocenters. The molecule has 0 bridgehead atoms. The van der Waals surface area contributed by atoms with Gasteiger partial charge in [0.1, 0.15) is 17.4 Å². The van der Waals surface area contributed by atoms with Crippen LogP contribution in [0, 0.1) is 0 Å². The molecule has 0 spiro atoms. The van der Waals surface area contributed by atoms with E-state index >= 15 is 0 Å². The monoisotopic (exact) mass is 390 g/mol. The number of fused-ring (bicyclic) bond motifs is 4. The third kappa shape index (κ3) is 3.10. The summed E-state index contributed by atoms with van der Waals surface area (Å²) in [5.41, 5.74) is 0.932. The van der Waals surface area contributed by atoms with E-state index in [0.29, 0.717) is 28.0 Å². The summed E-state index contributed by atoms with van der Waals surface area (Å²) in [4.78, 5) is 40.8. The second-order valence-electron chi connectivity index (χ2n) is 8.22. The minimum atomic E-state index is -1.11. The van der Waals surface area contributed by atoms with E-state index in [-0.39, 0.29) is 16.9 Å². The smallest absolute Gasteiger partial charge is 0.248 e. The van der Waals surface area contributed by atoms with Gasteiger partial charge in [0.05, 0.1) is 16.6 Å². The third-order valence-corrected chi connectivity index (χ3v) is 4.86. The van der Waals surface area contributed by atoms with Crippen LogP contribution in [-0.2, 0) is 9.59 Å². The fourth-order valence-corrected chi connectivity index (χ4v) is 3.79. The first-order valence-electron chi connectivity index (χ1n) is 9.46. The molecule has 0 saturated heterocycles. The van der Waals surface area contributed by atoms with Crippen molar-refractivity contribution < 1.29 is 14.0 Å². The Labute approximate surface area is 168 Å². The molecule has 0 saturated carbocycles. The van der Waals surface area contributed by atoms with Gasteiger partial charge < -0.3 is 9.73 Å². The molecule has 0 radical (unpaired) electrons. The third-order valence-electron chi connectivity index (χ3n) is 4.86. The molecule has 4 rings (SSSR count). The maximum Gasteiger partial charge on any atom is 0.248 e. The van der Waals surface area contributed by atoms with Crippen LogP contribution >= 0.6 is 0 Å². The van der Waals surface area contributed by atoms with Crippen molar-refractivity contribution in [1.82, 2.24) is 5.32 Å². The zero-order valence-electron chi connectivity index (χ0n) is 16.8. The van der Waals surface area contributed by atoms with Crippen LogP contribution in [-0.4, -0.2) is 17.4 Å². The molecule has 3 aromatic rings. The molecule has 1 aliphatic rings. The van der Waals surface area contributed by atoms with Gasteiger partial charge in [-0.2, -0.15) is 0 Å². The Hall–Kier alpha value is -3.41. The number of nitrogens with zero attached hydrogens (tertiary/aromatic N) is 1. The number of amides is 2. The van der Waals surface area contributed by atoms with Crippen molar-refractivity contribution in [3.63, 3.8) is 0 Å². The molecule has 2 amide bonds. The van der Waals surface area contributed by atoms with Crippen molar-refractivity contribution in [2.75, 3.05) is 4.90 Å². The number of nitrogens with one attached hydrogen (secondary N) is 1. The van der Waals surface area contributed by atoms with Crippen LogP contribution in [0.15, 0.2) is 57.7 Å². The highest BCUT2D eigenvalue weighted by Gasteiger charge is 2.42. The second kappa shape index (κ2) is 6.58. The Balaban J connectivity index is 2.08. The van der Waals surface area contributed by atoms with E-state index in [4.69, 9.17) is 4.42 Å². The largest absolute Gasteiger partial charge is 0.455 e. The van der Waals surface area contributed by atoms with Gasteiger partial charge in [-0.15, -0.1) is 0 Å². The molecular weight excluding hydrogens is 368 g/mol. The number of hydrogen-bond donors (Lipinski definition) is 1. The zero-order chi connectivity index (χ0) is 20.9. The number of para-hydroxylation sites is 2. The van der Waals surface area contributed by atoms with Crippen LogP contribution in [0.25, 0.3) is 22.3 Å². The van der Waals surface area contributed by atoms with Gasteiger partial charge >= 0.3 is 0 Å². The van der Waals surface area contributed by atoms with Crippen LogP contribution < -0.4 is 15.6 Å². The summed E-state index contributed by atoms with van der Waals surface area (Å²) < 4.78 is 6.11. The molecule has 2 heterocycles. The van der Waals surface area contributed by atoms with Crippen molar-refractivity contribution in [1.29, 1.82) is 0 Å². The van der Waals surface area contributed by atoms with Gasteiger partial charge in [-0.3, -0.25) is 19.3 Å². The quantitative estimate of drug-likeness (QED) is 0.686. The normalized spacial score (nSPS) is 15.6. The fraction of sp³-hybridized carbons (Fsp3) is 0.261. The van der Waals surface area contributed by atoms with E-state index in [1.54, 1.807) is 42.5 Å². The van der Waals surface area contributed by atoms with Gasteiger partial charge in [0, 0.05) is 18.0 Å². The molecule has 29 heavy (non-hydrogen) atoms. The molecular formula is C23H22N2O4. The first kappa shape index (κ1) is 18.9. The van der Waals surface area contributed by atoms with Crippen molar-refractivity contribution in [2.24, 2.45) is 0 Å². The number of rotatable bonds is 1. The molecule has 0 aliphatic carbocycles. The van der Waals surface area contributed by atoms with E-state index in [1.807, 2.05) is 26.8 Å². The molecule has 2 aromatic carbocycles. The lowest BCUT2D eigenvalue weighted by Gasteiger charge is -2.37. The highest BCUT2D eigenvalue weighted by atomic mass is 16.3. The standard InChI is InChI=1S/C23H22N2O4/c1-13(26)25-16-11-7-5-9-14(16)21-18(19(25)22(28)24-23(2,3)4)20(27)15-10-6-8-12-17(15)29-21/h5-12,19H,1-4H3,(H,24,28). The molecule has 1 atom stereocenters. The van der Waals surface area contributed by atoms with E-state index < -0.39 is 17.5 Å². The lowest BCUT2D eigenvalue weighted by atomic mass is 9.90. The summed E-state index contributed by atoms with van der Waals surface area (Å²) in [7, 11) is 0. The number of anilines is 1. The van der Waals surface area contributed by atoms with Crippen LogP contribution in [0.5, 0.6) is 0 Å². The van der Waals surface area contributed by atoms with Gasteiger partial charge in [-0.1, -0.05) is 24.3 Å². The maximum absolute atomic E-state index is 13.5. The van der Waals surface area contributed by atoms with Crippen molar-refractivity contribution >= 4 is 28.5 Å². The predicted molar refractivity (Wildman–Crippen MR) is 112 cm³/mol. The van der Waals surface area contributed by atoms with Crippen molar-refractivity contribution in [3.8, 4) is 11.3 Å².